The number of hydrogen-bond acceptors (Lipinski definition) is 7. The number of aromatic hydroxyl groups is 2. The van der Waals surface area contributed by atoms with E-state index in [2.05, 4.69) is 9.73 Å². The number of phenols is 2. The van der Waals surface area contributed by atoms with Gasteiger partial charge >= 0.3 is 5.97 Å². The van der Waals surface area contributed by atoms with Crippen LogP contribution in [0.1, 0.15) is 20.8 Å². The summed E-state index contributed by atoms with van der Waals surface area (Å²) in [5, 5.41) is 18.5. The van der Waals surface area contributed by atoms with Crippen LogP contribution < -0.4 is 0 Å². The van der Waals surface area contributed by atoms with Crippen LogP contribution in [0.4, 0.5) is 5.69 Å². The Kier molecular flexibility index (Phi) is 4.68. The van der Waals surface area contributed by atoms with E-state index in [1.165, 1.54) is 39.0 Å². The first-order valence-electron chi connectivity index (χ1n) is 5.67. The molecule has 0 aliphatic heterocycles. The van der Waals surface area contributed by atoms with Gasteiger partial charge in [0.1, 0.15) is 5.71 Å². The molecule has 7 nitrogen and oxygen atoms in total. The number of carbonyl (C=O) groups excluding carboxylic acids is 2. The van der Waals surface area contributed by atoms with Crippen molar-refractivity contribution in [2.45, 2.75) is 26.6 Å². The molecular formula is C13H15NO6. The first-order valence-corrected chi connectivity index (χ1v) is 5.67. The summed E-state index contributed by atoms with van der Waals surface area (Å²) in [6.07, 6.45) is 0. The summed E-state index contributed by atoms with van der Waals surface area (Å²) in [6, 6.07) is 3.85. The summed E-state index contributed by atoms with van der Waals surface area (Å²) in [4.78, 5) is 25.9. The van der Waals surface area contributed by atoms with E-state index in [-0.39, 0.29) is 29.4 Å². The molecule has 0 saturated heterocycles. The first kappa shape index (κ1) is 15.5. The van der Waals surface area contributed by atoms with E-state index in [4.69, 9.17) is 9.84 Å². The van der Waals surface area contributed by atoms with Gasteiger partial charge in [-0.15, -0.1) is 0 Å². The number of nitrogens with zero attached hydrogens (tertiary/aromatic N) is 1. The Morgan fingerprint density at radius 2 is 1.95 bits per heavy atom. The molecule has 0 spiro atoms. The van der Waals surface area contributed by atoms with Crippen LogP contribution in [0.15, 0.2) is 23.2 Å². The van der Waals surface area contributed by atoms with Crippen LogP contribution in [-0.4, -0.2) is 34.2 Å². The Morgan fingerprint density at radius 3 is 2.50 bits per heavy atom. The largest absolute Gasteiger partial charge is 0.504 e. The molecule has 0 amide bonds. The van der Waals surface area contributed by atoms with Crippen molar-refractivity contribution in [1.82, 2.24) is 0 Å². The van der Waals surface area contributed by atoms with E-state index >= 15 is 0 Å². The van der Waals surface area contributed by atoms with Gasteiger partial charge in [-0.1, -0.05) is 0 Å². The number of rotatable bonds is 5. The van der Waals surface area contributed by atoms with Crippen LogP contribution in [0.3, 0.4) is 0 Å². The summed E-state index contributed by atoms with van der Waals surface area (Å²) in [5.41, 5.74) is 0.265. The Bertz CT molecular complexity index is 550. The molecule has 20 heavy (non-hydrogen) atoms. The summed E-state index contributed by atoms with van der Waals surface area (Å²) in [7, 11) is 0. The standard InChI is InChI=1S/C13H15NO6/c1-8(12(18)20-13(2,3)19-7-15)14-9-4-5-10(16)11(17)6-9/h4-7,16-17H,1-3H3. The van der Waals surface area contributed by atoms with Crippen LogP contribution in [0.25, 0.3) is 0 Å². The van der Waals surface area contributed by atoms with Crippen molar-refractivity contribution in [3.63, 3.8) is 0 Å². The topological polar surface area (TPSA) is 105 Å². The molecule has 108 valence electrons. The average Bonchev–Trinajstić information content (AvgIpc) is 2.33. The van der Waals surface area contributed by atoms with Crippen LogP contribution in [0.2, 0.25) is 0 Å². The zero-order valence-electron chi connectivity index (χ0n) is 11.3. The number of hydrogen-bond donors (Lipinski definition) is 2. The van der Waals surface area contributed by atoms with Crippen LogP contribution in [-0.2, 0) is 19.1 Å². The molecule has 0 heterocycles. The molecule has 0 aliphatic carbocycles. The van der Waals surface area contributed by atoms with Crippen molar-refractivity contribution in [1.29, 1.82) is 0 Å². The minimum atomic E-state index is -1.40. The number of carbonyl (C=O) groups is 2. The summed E-state index contributed by atoms with van der Waals surface area (Å²) < 4.78 is 9.51. The van der Waals surface area contributed by atoms with Gasteiger partial charge in [-0.3, -0.25) is 4.79 Å². The van der Waals surface area contributed by atoms with Gasteiger partial charge in [-0.05, 0) is 19.1 Å². The van der Waals surface area contributed by atoms with Gasteiger partial charge in [0.2, 0.25) is 0 Å². The SMILES string of the molecule is CC(=Nc1ccc(O)c(O)c1)C(=O)OC(C)(C)OC=O. The normalized spacial score (nSPS) is 11.8. The smallest absolute Gasteiger partial charge is 0.355 e. The van der Waals surface area contributed by atoms with Crippen molar-refractivity contribution >= 4 is 23.8 Å². The number of phenolic OH excluding ortho intramolecular Hbond substituents is 2. The molecule has 0 saturated carbocycles. The Hall–Kier alpha value is -2.57. The molecule has 0 unspecified atom stereocenters. The van der Waals surface area contributed by atoms with Crippen LogP contribution in [0, 0.1) is 0 Å². The highest BCUT2D eigenvalue weighted by molar-refractivity contribution is 6.36. The molecule has 0 radical (unpaired) electrons. The summed E-state index contributed by atoms with van der Waals surface area (Å²) in [5.74, 6) is -2.81. The number of ether oxygens (including phenoxy) is 2. The summed E-state index contributed by atoms with van der Waals surface area (Å²) >= 11 is 0. The maximum atomic E-state index is 11.7. The monoisotopic (exact) mass is 281 g/mol. The Morgan fingerprint density at radius 1 is 1.30 bits per heavy atom. The van der Waals surface area contributed by atoms with E-state index in [0.717, 1.165) is 0 Å². The Labute approximate surface area is 115 Å². The van der Waals surface area contributed by atoms with Crippen LogP contribution in [0.5, 0.6) is 11.5 Å². The third-order valence-electron chi connectivity index (χ3n) is 2.22. The lowest BCUT2D eigenvalue weighted by Crippen LogP contribution is -2.33. The van der Waals surface area contributed by atoms with E-state index in [1.54, 1.807) is 0 Å². The van der Waals surface area contributed by atoms with Crippen molar-refractivity contribution < 1.29 is 29.3 Å². The molecule has 2 N–H and O–H groups in total. The zero-order valence-corrected chi connectivity index (χ0v) is 11.3. The molecule has 0 aromatic heterocycles. The van der Waals surface area contributed by atoms with E-state index in [9.17, 15) is 14.7 Å². The highest BCUT2D eigenvalue weighted by atomic mass is 16.7. The third-order valence-corrected chi connectivity index (χ3v) is 2.22. The lowest BCUT2D eigenvalue weighted by atomic mass is 10.3. The van der Waals surface area contributed by atoms with Gasteiger partial charge in [0.25, 0.3) is 12.3 Å². The fourth-order valence-electron chi connectivity index (χ4n) is 1.26. The second-order valence-electron chi connectivity index (χ2n) is 4.37. The summed E-state index contributed by atoms with van der Waals surface area (Å²) in [6.45, 7) is 4.39. The minimum Gasteiger partial charge on any atom is -0.504 e. The molecule has 0 bridgehead atoms. The first-order chi connectivity index (χ1) is 9.25. The fourth-order valence-corrected chi connectivity index (χ4v) is 1.26. The van der Waals surface area contributed by atoms with Gasteiger partial charge in [0.15, 0.2) is 11.5 Å². The molecule has 1 rings (SSSR count). The predicted molar refractivity (Wildman–Crippen MR) is 69.9 cm³/mol. The molecule has 0 fully saturated rings. The number of aliphatic imine (C=N–C) groups is 1. The predicted octanol–water partition coefficient (Wildman–Crippen LogP) is 1.64. The fraction of sp³-hybridized carbons (Fsp3) is 0.308. The lowest BCUT2D eigenvalue weighted by molar-refractivity contribution is -0.202. The van der Waals surface area contributed by atoms with Gasteiger partial charge < -0.3 is 19.7 Å². The van der Waals surface area contributed by atoms with E-state index in [0.29, 0.717) is 0 Å². The lowest BCUT2D eigenvalue weighted by Gasteiger charge is -2.22. The average molecular weight is 281 g/mol. The molecular weight excluding hydrogens is 266 g/mol. The zero-order chi connectivity index (χ0) is 15.3. The molecule has 1 aromatic carbocycles. The van der Waals surface area contributed by atoms with Gasteiger partial charge in [-0.25, -0.2) is 9.79 Å². The minimum absolute atomic E-state index is 0.00216. The quantitative estimate of drug-likeness (QED) is 0.279. The highest BCUT2D eigenvalue weighted by Gasteiger charge is 2.25. The molecule has 0 atom stereocenters. The van der Waals surface area contributed by atoms with Crippen molar-refractivity contribution in [2.75, 3.05) is 0 Å². The van der Waals surface area contributed by atoms with Crippen molar-refractivity contribution in [3.05, 3.63) is 18.2 Å². The van der Waals surface area contributed by atoms with Crippen molar-refractivity contribution in [3.8, 4) is 11.5 Å². The van der Waals surface area contributed by atoms with Gasteiger partial charge in [0, 0.05) is 19.9 Å². The Balaban J connectivity index is 2.85. The maximum Gasteiger partial charge on any atom is 0.355 e. The highest BCUT2D eigenvalue weighted by Crippen LogP contribution is 2.29. The second-order valence-corrected chi connectivity index (χ2v) is 4.37. The third kappa shape index (κ3) is 4.27. The number of esters is 1. The molecule has 1 aromatic rings. The number of benzene rings is 1. The molecule has 7 heteroatoms. The van der Waals surface area contributed by atoms with Crippen LogP contribution >= 0.6 is 0 Å². The second kappa shape index (κ2) is 6.05. The van der Waals surface area contributed by atoms with Crippen molar-refractivity contribution in [2.24, 2.45) is 4.99 Å². The van der Waals surface area contributed by atoms with E-state index < -0.39 is 11.8 Å². The van der Waals surface area contributed by atoms with Gasteiger partial charge in [-0.2, -0.15) is 0 Å². The maximum absolute atomic E-state index is 11.7. The van der Waals surface area contributed by atoms with E-state index in [1.807, 2.05) is 0 Å². The van der Waals surface area contributed by atoms with Gasteiger partial charge in [0.05, 0.1) is 5.69 Å². The molecule has 0 aliphatic rings.